The van der Waals surface area contributed by atoms with Crippen molar-refractivity contribution in [1.29, 1.82) is 0 Å². The minimum absolute atomic E-state index is 0.0634. The fourth-order valence-corrected chi connectivity index (χ4v) is 5.33. The number of carbonyl (C=O) groups is 3. The molecule has 1 saturated heterocycles. The number of hydrogen-bond donors (Lipinski definition) is 2. The van der Waals surface area contributed by atoms with Gasteiger partial charge < -0.3 is 24.8 Å². The van der Waals surface area contributed by atoms with Crippen LogP contribution in [0.5, 0.6) is 5.88 Å². The summed E-state index contributed by atoms with van der Waals surface area (Å²) >= 11 is 2.28. The summed E-state index contributed by atoms with van der Waals surface area (Å²) in [6.07, 6.45) is 5.85. The van der Waals surface area contributed by atoms with Gasteiger partial charge in [0.25, 0.3) is 0 Å². The van der Waals surface area contributed by atoms with Gasteiger partial charge in [0, 0.05) is 27.0 Å². The van der Waals surface area contributed by atoms with Crippen molar-refractivity contribution in [3.05, 3.63) is 39.6 Å². The third-order valence-corrected chi connectivity index (χ3v) is 7.25. The van der Waals surface area contributed by atoms with Crippen LogP contribution < -0.4 is 10.1 Å². The lowest BCUT2D eigenvalue weighted by molar-refractivity contribution is -0.150. The first-order valence-corrected chi connectivity index (χ1v) is 13.0. The number of rotatable bonds is 1. The molecule has 0 spiro atoms. The SMILES string of the molecule is CC(C)(C)[C@@H]1NC(=O)OCCCC=Cc2cc(I)c3ccnc(c3c2)O[C@@H]2C[C@@H](C(=O)O)N(C2)C1=O. The van der Waals surface area contributed by atoms with E-state index in [0.29, 0.717) is 18.7 Å². The highest BCUT2D eigenvalue weighted by molar-refractivity contribution is 14.1. The van der Waals surface area contributed by atoms with E-state index in [-0.39, 0.29) is 19.6 Å². The average Bonchev–Trinajstić information content (AvgIpc) is 3.23. The molecule has 2 aliphatic rings. The Hall–Kier alpha value is -2.89. The highest BCUT2D eigenvalue weighted by Gasteiger charge is 2.46. The van der Waals surface area contributed by atoms with Gasteiger partial charge in [-0.05, 0) is 64.6 Å². The molecule has 4 bridgehead atoms. The van der Waals surface area contributed by atoms with Crippen molar-refractivity contribution in [3.8, 4) is 5.88 Å². The van der Waals surface area contributed by atoms with Gasteiger partial charge in [-0.3, -0.25) is 4.79 Å². The third kappa shape index (κ3) is 5.74. The summed E-state index contributed by atoms with van der Waals surface area (Å²) in [4.78, 5) is 43.9. The molecule has 1 aromatic heterocycles. The van der Waals surface area contributed by atoms with Gasteiger partial charge in [-0.1, -0.05) is 32.9 Å². The monoisotopic (exact) mass is 607 g/mol. The minimum atomic E-state index is -1.12. The predicted octanol–water partition coefficient (Wildman–Crippen LogP) is 4.22. The molecule has 10 heteroatoms. The van der Waals surface area contributed by atoms with Crippen molar-refractivity contribution in [1.82, 2.24) is 15.2 Å². The maximum absolute atomic E-state index is 13.6. The van der Waals surface area contributed by atoms with Gasteiger partial charge in [0.1, 0.15) is 18.2 Å². The Morgan fingerprint density at radius 1 is 1.25 bits per heavy atom. The molecular formula is C26H30IN3O6. The molecule has 36 heavy (non-hydrogen) atoms. The Labute approximate surface area is 223 Å². The lowest BCUT2D eigenvalue weighted by Gasteiger charge is -2.34. The molecule has 0 unspecified atom stereocenters. The summed E-state index contributed by atoms with van der Waals surface area (Å²) in [6, 6.07) is 3.92. The highest BCUT2D eigenvalue weighted by Crippen LogP contribution is 2.33. The number of nitrogens with one attached hydrogen (secondary N) is 1. The van der Waals surface area contributed by atoms with Crippen molar-refractivity contribution in [2.45, 2.75) is 58.2 Å². The van der Waals surface area contributed by atoms with E-state index in [2.05, 4.69) is 39.0 Å². The zero-order valence-corrected chi connectivity index (χ0v) is 22.7. The number of nitrogens with zero attached hydrogens (tertiary/aromatic N) is 2. The van der Waals surface area contributed by atoms with Gasteiger partial charge in [-0.25, -0.2) is 14.6 Å². The number of hydrogen-bond acceptors (Lipinski definition) is 6. The van der Waals surface area contributed by atoms with E-state index in [1.807, 2.05) is 45.1 Å². The molecule has 1 aromatic carbocycles. The number of carboxylic acids is 1. The quantitative estimate of drug-likeness (QED) is 0.467. The molecule has 3 atom stereocenters. The molecule has 2 aliphatic heterocycles. The summed E-state index contributed by atoms with van der Waals surface area (Å²) in [5, 5.41) is 14.4. The Morgan fingerprint density at radius 3 is 2.75 bits per heavy atom. The number of cyclic esters (lactones) is 1. The standard InChI is InChI=1S/C26H30IN3O6/c1-26(2,3)21-23(31)30-14-16(13-20(30)24(32)33)36-22-18-11-15(12-19(27)17(18)8-9-28-22)7-5-4-6-10-35-25(34)29-21/h5,7-9,11-12,16,20-21H,4,6,10,13-14H2,1-3H3,(H,29,34)(H,32,33)/t16-,20+,21-/m1/s1. The van der Waals surface area contributed by atoms with Crippen LogP contribution in [0.15, 0.2) is 30.5 Å². The maximum atomic E-state index is 13.6. The number of allylic oxidation sites excluding steroid dienone is 1. The summed E-state index contributed by atoms with van der Waals surface area (Å²) in [7, 11) is 0. The predicted molar refractivity (Wildman–Crippen MR) is 143 cm³/mol. The number of carboxylic acid groups (broad SMARTS) is 1. The number of halogens is 1. The summed E-state index contributed by atoms with van der Waals surface area (Å²) < 4.78 is 12.6. The van der Waals surface area contributed by atoms with E-state index >= 15 is 0 Å². The van der Waals surface area contributed by atoms with Gasteiger partial charge in [-0.2, -0.15) is 0 Å². The maximum Gasteiger partial charge on any atom is 0.407 e. The molecule has 192 valence electrons. The number of carbonyl (C=O) groups excluding carboxylic acids is 2. The van der Waals surface area contributed by atoms with Crippen molar-refractivity contribution in [2.75, 3.05) is 13.2 Å². The Morgan fingerprint density at radius 2 is 2.03 bits per heavy atom. The largest absolute Gasteiger partial charge is 0.480 e. The summed E-state index contributed by atoms with van der Waals surface area (Å²) in [6.45, 7) is 5.69. The van der Waals surface area contributed by atoms with E-state index in [9.17, 15) is 19.5 Å². The number of amides is 2. The number of pyridine rings is 1. The lowest BCUT2D eigenvalue weighted by Crippen LogP contribution is -2.57. The Balaban J connectivity index is 1.74. The molecule has 0 aliphatic carbocycles. The molecule has 1 fully saturated rings. The molecule has 2 aromatic rings. The van der Waals surface area contributed by atoms with E-state index < -0.39 is 41.6 Å². The van der Waals surface area contributed by atoms with Gasteiger partial charge in [-0.15, -0.1) is 0 Å². The number of aliphatic carboxylic acids is 1. The zero-order chi connectivity index (χ0) is 26.0. The first-order chi connectivity index (χ1) is 17.0. The van der Waals surface area contributed by atoms with E-state index in [1.165, 1.54) is 4.90 Å². The average molecular weight is 607 g/mol. The zero-order valence-electron chi connectivity index (χ0n) is 20.5. The fourth-order valence-electron chi connectivity index (χ4n) is 4.50. The Bertz CT molecular complexity index is 1210. The molecule has 2 N–H and O–H groups in total. The second kappa shape index (κ2) is 10.6. The minimum Gasteiger partial charge on any atom is -0.480 e. The van der Waals surface area contributed by atoms with Crippen molar-refractivity contribution < 1.29 is 29.0 Å². The molecule has 2 amide bonds. The number of aromatic nitrogens is 1. The molecule has 0 radical (unpaired) electrons. The van der Waals surface area contributed by atoms with Crippen LogP contribution in [-0.4, -0.2) is 64.3 Å². The molecule has 9 nitrogen and oxygen atoms in total. The summed E-state index contributed by atoms with van der Waals surface area (Å²) in [5.41, 5.74) is 0.301. The topological polar surface area (TPSA) is 118 Å². The van der Waals surface area contributed by atoms with Crippen LogP contribution >= 0.6 is 22.6 Å². The van der Waals surface area contributed by atoms with Gasteiger partial charge in [0.2, 0.25) is 11.8 Å². The number of alkyl carbamates (subject to hydrolysis) is 1. The van der Waals surface area contributed by atoms with Crippen LogP contribution in [0.3, 0.4) is 0 Å². The van der Waals surface area contributed by atoms with Crippen molar-refractivity contribution in [2.24, 2.45) is 5.41 Å². The van der Waals surface area contributed by atoms with Crippen LogP contribution in [0.2, 0.25) is 0 Å². The van der Waals surface area contributed by atoms with Gasteiger partial charge >= 0.3 is 12.1 Å². The second-order valence-electron chi connectivity index (χ2n) is 10.2. The third-order valence-electron chi connectivity index (χ3n) is 6.36. The van der Waals surface area contributed by atoms with Crippen LogP contribution in [0, 0.1) is 8.99 Å². The van der Waals surface area contributed by atoms with Gasteiger partial charge in [0.15, 0.2) is 0 Å². The second-order valence-corrected chi connectivity index (χ2v) is 11.3. The van der Waals surface area contributed by atoms with E-state index in [4.69, 9.17) is 9.47 Å². The molecule has 3 heterocycles. The lowest BCUT2D eigenvalue weighted by atomic mass is 9.85. The normalized spacial score (nSPS) is 23.6. The van der Waals surface area contributed by atoms with Crippen LogP contribution in [0.4, 0.5) is 4.79 Å². The van der Waals surface area contributed by atoms with E-state index in [0.717, 1.165) is 19.9 Å². The first kappa shape index (κ1) is 26.2. The molecule has 0 saturated carbocycles. The molecule has 4 rings (SSSR count). The Kier molecular flexibility index (Phi) is 7.72. The number of benzene rings is 1. The van der Waals surface area contributed by atoms with Crippen LogP contribution in [0.1, 0.15) is 45.6 Å². The summed E-state index contributed by atoms with van der Waals surface area (Å²) in [5.74, 6) is -1.20. The van der Waals surface area contributed by atoms with Crippen molar-refractivity contribution >= 4 is 57.4 Å². The van der Waals surface area contributed by atoms with Gasteiger partial charge in [0.05, 0.1) is 13.2 Å². The molecular weight excluding hydrogens is 577 g/mol. The first-order valence-electron chi connectivity index (χ1n) is 11.9. The van der Waals surface area contributed by atoms with Crippen LogP contribution in [0.25, 0.3) is 16.8 Å². The van der Waals surface area contributed by atoms with Crippen LogP contribution in [-0.2, 0) is 14.3 Å². The fraction of sp³-hybridized carbons (Fsp3) is 0.462. The number of ether oxygens (including phenoxy) is 2. The van der Waals surface area contributed by atoms with E-state index in [1.54, 1.807) is 6.20 Å². The smallest absolute Gasteiger partial charge is 0.407 e. The van der Waals surface area contributed by atoms with Crippen molar-refractivity contribution in [3.63, 3.8) is 0 Å². The number of fused-ring (bicyclic) bond motifs is 3. The highest BCUT2D eigenvalue weighted by atomic mass is 127.